The number of hydrogen-bond acceptors (Lipinski definition) is 8. The maximum atomic E-state index is 11.7. The lowest BCUT2D eigenvalue weighted by molar-refractivity contribution is 0.412. The van der Waals surface area contributed by atoms with Crippen molar-refractivity contribution < 1.29 is 26.4 Å². The number of fused-ring (bicyclic) bond motifs is 1. The van der Waals surface area contributed by atoms with Crippen LogP contribution in [0.25, 0.3) is 5.57 Å². The molecule has 1 aliphatic rings. The summed E-state index contributed by atoms with van der Waals surface area (Å²) in [5.41, 5.74) is -0.712. The van der Waals surface area contributed by atoms with Gasteiger partial charge in [-0.05, 0) is 7.05 Å². The molecule has 0 aliphatic carbocycles. The standard InChI is InChI=1S/C9H7N3O6S2/c1-11-20(16,17)6(3-10)5-2-7(13)19(14,15)9-8(5)12-4-18-9/h2,4,11,13H,1H3/b6-5+. The van der Waals surface area contributed by atoms with E-state index in [1.807, 2.05) is 4.72 Å². The Morgan fingerprint density at radius 1 is 1.55 bits per heavy atom. The van der Waals surface area contributed by atoms with Crippen molar-refractivity contribution in [2.24, 2.45) is 0 Å². The highest BCUT2D eigenvalue weighted by Gasteiger charge is 2.37. The summed E-state index contributed by atoms with van der Waals surface area (Å²) in [6.07, 6.45) is 1.42. The van der Waals surface area contributed by atoms with E-state index in [9.17, 15) is 21.9 Å². The van der Waals surface area contributed by atoms with Crippen LogP contribution in [0.5, 0.6) is 0 Å². The molecule has 0 saturated heterocycles. The Morgan fingerprint density at radius 3 is 2.75 bits per heavy atom. The molecule has 2 heterocycles. The van der Waals surface area contributed by atoms with Crippen LogP contribution in [0.15, 0.2) is 32.0 Å². The van der Waals surface area contributed by atoms with Gasteiger partial charge in [-0.15, -0.1) is 0 Å². The molecule has 1 aromatic rings. The first kappa shape index (κ1) is 14.3. The second-order valence-electron chi connectivity index (χ2n) is 3.54. The van der Waals surface area contributed by atoms with Crippen molar-refractivity contribution in [3.8, 4) is 6.07 Å². The molecule has 0 radical (unpaired) electrons. The smallest absolute Gasteiger partial charge is 0.274 e. The predicted octanol–water partition coefficient (Wildman–Crippen LogP) is -0.355. The second-order valence-corrected chi connectivity index (χ2v) is 7.16. The summed E-state index contributed by atoms with van der Waals surface area (Å²) in [6.45, 7) is 0. The largest absolute Gasteiger partial charge is 0.498 e. The van der Waals surface area contributed by atoms with Crippen LogP contribution in [0, 0.1) is 11.3 Å². The molecule has 0 saturated carbocycles. The summed E-state index contributed by atoms with van der Waals surface area (Å²) < 4.78 is 53.5. The molecule has 0 amide bonds. The maximum Gasteiger partial charge on any atom is 0.274 e. The number of oxazole rings is 1. The third-order valence-electron chi connectivity index (χ3n) is 2.46. The SMILES string of the molecule is CNS(=O)(=O)/C(C#N)=C1\C=C(O)S(=O)(=O)c2ocnc21. The molecule has 0 bridgehead atoms. The van der Waals surface area contributed by atoms with Gasteiger partial charge in [0.15, 0.2) is 11.3 Å². The van der Waals surface area contributed by atoms with Gasteiger partial charge in [0.25, 0.3) is 25.0 Å². The molecule has 0 unspecified atom stereocenters. The molecule has 0 atom stereocenters. The van der Waals surface area contributed by atoms with Crippen molar-refractivity contribution in [2.75, 3.05) is 7.05 Å². The molecule has 1 aromatic heterocycles. The molecule has 0 aromatic carbocycles. The topological polar surface area (TPSA) is 150 Å². The van der Waals surface area contributed by atoms with Crippen LogP contribution in [0.3, 0.4) is 0 Å². The van der Waals surface area contributed by atoms with E-state index in [4.69, 9.17) is 5.26 Å². The van der Waals surface area contributed by atoms with Gasteiger partial charge in [0.05, 0.1) is 0 Å². The number of nitrogens with one attached hydrogen (secondary N) is 1. The highest BCUT2D eigenvalue weighted by Crippen LogP contribution is 2.35. The number of aliphatic hydroxyl groups excluding tert-OH is 1. The van der Waals surface area contributed by atoms with Gasteiger partial charge in [-0.1, -0.05) is 0 Å². The minimum atomic E-state index is -4.28. The van der Waals surface area contributed by atoms with Crippen LogP contribution in [0.1, 0.15) is 5.69 Å². The Balaban J connectivity index is 2.92. The lowest BCUT2D eigenvalue weighted by Gasteiger charge is -2.11. The van der Waals surface area contributed by atoms with Crippen LogP contribution in [-0.2, 0) is 19.9 Å². The molecule has 0 fully saturated rings. The van der Waals surface area contributed by atoms with Crippen LogP contribution in [0.2, 0.25) is 0 Å². The van der Waals surface area contributed by atoms with Crippen LogP contribution >= 0.6 is 0 Å². The van der Waals surface area contributed by atoms with E-state index < -0.39 is 34.9 Å². The van der Waals surface area contributed by atoms with Gasteiger partial charge in [0.2, 0.25) is 5.09 Å². The second kappa shape index (κ2) is 4.44. The molecule has 106 valence electrons. The van der Waals surface area contributed by atoms with Crippen LogP contribution in [-0.4, -0.2) is 34.0 Å². The molecule has 11 heteroatoms. The van der Waals surface area contributed by atoms with E-state index >= 15 is 0 Å². The maximum absolute atomic E-state index is 11.7. The van der Waals surface area contributed by atoms with Crippen molar-refractivity contribution in [1.82, 2.24) is 9.71 Å². The van der Waals surface area contributed by atoms with Gasteiger partial charge in [-0.2, -0.15) is 5.26 Å². The number of allylic oxidation sites excluding steroid dienone is 3. The van der Waals surface area contributed by atoms with Crippen molar-refractivity contribution in [2.45, 2.75) is 5.09 Å². The fourth-order valence-corrected chi connectivity index (χ4v) is 3.33. The minimum absolute atomic E-state index is 0.349. The van der Waals surface area contributed by atoms with Gasteiger partial charge < -0.3 is 9.52 Å². The Bertz CT molecular complexity index is 882. The Hall–Kier alpha value is -2.16. The Labute approximate surface area is 113 Å². The van der Waals surface area contributed by atoms with E-state index in [1.54, 1.807) is 0 Å². The molecule has 1 aliphatic heterocycles. The van der Waals surface area contributed by atoms with E-state index in [2.05, 4.69) is 9.40 Å². The van der Waals surface area contributed by atoms with Gasteiger partial charge in [0.1, 0.15) is 11.8 Å². The van der Waals surface area contributed by atoms with Gasteiger partial charge in [0, 0.05) is 11.6 Å². The highest BCUT2D eigenvalue weighted by molar-refractivity contribution is 7.95. The first-order chi connectivity index (χ1) is 9.25. The third kappa shape index (κ3) is 1.90. The Morgan fingerprint density at radius 2 is 2.20 bits per heavy atom. The van der Waals surface area contributed by atoms with Crippen LogP contribution in [0.4, 0.5) is 0 Å². The fourth-order valence-electron chi connectivity index (χ4n) is 1.51. The van der Waals surface area contributed by atoms with Crippen LogP contribution < -0.4 is 4.72 Å². The molecular formula is C9H7N3O6S2. The first-order valence-electron chi connectivity index (χ1n) is 4.93. The third-order valence-corrected chi connectivity index (χ3v) is 5.29. The summed E-state index contributed by atoms with van der Waals surface area (Å²) >= 11 is 0. The number of rotatable bonds is 2. The van der Waals surface area contributed by atoms with Gasteiger partial charge in [-0.3, -0.25) is 0 Å². The molecular weight excluding hydrogens is 310 g/mol. The number of aliphatic hydroxyl groups is 1. The average Bonchev–Trinajstić information content (AvgIpc) is 2.86. The predicted molar refractivity (Wildman–Crippen MR) is 64.9 cm³/mol. The van der Waals surface area contributed by atoms with E-state index in [0.29, 0.717) is 6.08 Å². The number of sulfonamides is 1. The average molecular weight is 317 g/mol. The monoisotopic (exact) mass is 317 g/mol. The highest BCUT2D eigenvalue weighted by atomic mass is 32.2. The number of aromatic nitrogens is 1. The minimum Gasteiger partial charge on any atom is -0.498 e. The summed E-state index contributed by atoms with van der Waals surface area (Å²) in [4.78, 5) is 2.80. The molecule has 20 heavy (non-hydrogen) atoms. The van der Waals surface area contributed by atoms with Crippen molar-refractivity contribution in [1.29, 1.82) is 5.26 Å². The van der Waals surface area contributed by atoms with E-state index in [-0.39, 0.29) is 11.3 Å². The fraction of sp³-hybridized carbons (Fsp3) is 0.111. The van der Waals surface area contributed by atoms with Crippen molar-refractivity contribution >= 4 is 25.4 Å². The van der Waals surface area contributed by atoms with Gasteiger partial charge >= 0.3 is 0 Å². The summed E-state index contributed by atoms with van der Waals surface area (Å²) in [5, 5.41) is 16.6. The number of nitrogens with zero attached hydrogens (tertiary/aromatic N) is 2. The summed E-state index contributed by atoms with van der Waals surface area (Å²) in [6, 6.07) is 1.44. The number of nitriles is 1. The zero-order valence-electron chi connectivity index (χ0n) is 9.85. The first-order valence-corrected chi connectivity index (χ1v) is 7.90. The molecule has 2 N–H and O–H groups in total. The quantitative estimate of drug-likeness (QED) is 0.702. The van der Waals surface area contributed by atoms with Gasteiger partial charge in [-0.25, -0.2) is 26.5 Å². The normalized spacial score (nSPS) is 19.7. The van der Waals surface area contributed by atoms with Crippen molar-refractivity contribution in [3.63, 3.8) is 0 Å². The van der Waals surface area contributed by atoms with E-state index in [0.717, 1.165) is 13.4 Å². The summed E-state index contributed by atoms with van der Waals surface area (Å²) in [7, 11) is -7.35. The van der Waals surface area contributed by atoms with Crippen molar-refractivity contribution in [3.05, 3.63) is 28.2 Å². The Kier molecular flexibility index (Phi) is 3.17. The lowest BCUT2D eigenvalue weighted by atomic mass is 10.2. The number of sulfone groups is 1. The van der Waals surface area contributed by atoms with E-state index in [1.165, 1.54) is 6.07 Å². The zero-order chi connectivity index (χ0) is 15.1. The number of hydrogen-bond donors (Lipinski definition) is 2. The zero-order valence-corrected chi connectivity index (χ0v) is 11.5. The molecule has 2 rings (SSSR count). The molecule has 9 nitrogen and oxygen atoms in total. The molecule has 0 spiro atoms. The summed E-state index contributed by atoms with van der Waals surface area (Å²) in [5.74, 6) is 0. The lowest BCUT2D eigenvalue weighted by Crippen LogP contribution is -2.22.